The molecule has 0 aromatic heterocycles. The minimum atomic E-state index is -0.310. The van der Waals surface area contributed by atoms with E-state index in [0.717, 1.165) is 25.7 Å². The molecule has 1 rings (SSSR count). The van der Waals surface area contributed by atoms with Gasteiger partial charge < -0.3 is 9.84 Å². The van der Waals surface area contributed by atoms with E-state index in [-0.39, 0.29) is 24.2 Å². The summed E-state index contributed by atoms with van der Waals surface area (Å²) in [4.78, 5) is 13.5. The highest BCUT2D eigenvalue weighted by Gasteiger charge is 2.32. The zero-order valence-corrected chi connectivity index (χ0v) is 10.5. The Bertz CT molecular complexity index is 232. The molecule has 1 saturated carbocycles. The lowest BCUT2D eigenvalue weighted by Gasteiger charge is -2.37. The zero-order chi connectivity index (χ0) is 12.1. The van der Waals surface area contributed by atoms with Gasteiger partial charge in [0.2, 0.25) is 0 Å². The third kappa shape index (κ3) is 3.19. The minimum Gasteiger partial charge on any atom is -0.465 e. The van der Waals surface area contributed by atoms with Crippen molar-refractivity contribution >= 4 is 5.97 Å². The number of hydrogen-bond acceptors (Lipinski definition) is 4. The molecule has 0 spiro atoms. The van der Waals surface area contributed by atoms with Crippen LogP contribution in [0.1, 0.15) is 39.5 Å². The van der Waals surface area contributed by atoms with Crippen molar-refractivity contribution in [2.45, 2.75) is 57.7 Å². The molecule has 1 N–H and O–H groups in total. The van der Waals surface area contributed by atoms with Crippen LogP contribution in [-0.4, -0.2) is 47.8 Å². The molecule has 0 saturated heterocycles. The molecular weight excluding hydrogens is 206 g/mol. The average Bonchev–Trinajstić information content (AvgIpc) is 2.28. The zero-order valence-electron chi connectivity index (χ0n) is 10.5. The summed E-state index contributed by atoms with van der Waals surface area (Å²) in [7, 11) is 1.89. The van der Waals surface area contributed by atoms with Crippen molar-refractivity contribution in [2.75, 3.05) is 13.7 Å². The molecule has 16 heavy (non-hydrogen) atoms. The Labute approximate surface area is 97.6 Å². The number of nitrogens with zero attached hydrogens (tertiary/aromatic N) is 1. The molecule has 0 radical (unpaired) electrons. The summed E-state index contributed by atoms with van der Waals surface area (Å²) < 4.78 is 4.99. The predicted octanol–water partition coefficient (Wildman–Crippen LogP) is 1.17. The van der Waals surface area contributed by atoms with Crippen LogP contribution in [-0.2, 0) is 9.53 Å². The Morgan fingerprint density at radius 1 is 1.50 bits per heavy atom. The molecular formula is C12H23NO3. The van der Waals surface area contributed by atoms with Crippen molar-refractivity contribution < 1.29 is 14.6 Å². The molecule has 3 atom stereocenters. The quantitative estimate of drug-likeness (QED) is 0.735. The van der Waals surface area contributed by atoms with Crippen molar-refractivity contribution in [3.8, 4) is 0 Å². The van der Waals surface area contributed by atoms with Gasteiger partial charge in [0.05, 0.1) is 12.7 Å². The van der Waals surface area contributed by atoms with E-state index in [1.54, 1.807) is 6.92 Å². The molecule has 0 heterocycles. The second kappa shape index (κ2) is 6.21. The van der Waals surface area contributed by atoms with Crippen molar-refractivity contribution in [1.29, 1.82) is 0 Å². The fourth-order valence-corrected chi connectivity index (χ4v) is 2.28. The van der Waals surface area contributed by atoms with E-state index in [1.807, 2.05) is 18.9 Å². The molecule has 4 nitrogen and oxygen atoms in total. The largest absolute Gasteiger partial charge is 0.465 e. The topological polar surface area (TPSA) is 49.8 Å². The summed E-state index contributed by atoms with van der Waals surface area (Å²) in [6, 6.07) is -0.189. The Hall–Kier alpha value is -0.610. The summed E-state index contributed by atoms with van der Waals surface area (Å²) in [6.45, 7) is 4.05. The van der Waals surface area contributed by atoms with Gasteiger partial charge in [0, 0.05) is 6.04 Å². The Balaban J connectivity index is 2.54. The van der Waals surface area contributed by atoms with E-state index >= 15 is 0 Å². The third-order valence-corrected chi connectivity index (χ3v) is 3.46. The van der Waals surface area contributed by atoms with Gasteiger partial charge in [-0.05, 0) is 33.7 Å². The number of aliphatic hydroxyl groups is 1. The van der Waals surface area contributed by atoms with E-state index in [9.17, 15) is 9.90 Å². The molecule has 0 amide bonds. The van der Waals surface area contributed by atoms with Crippen LogP contribution in [0.3, 0.4) is 0 Å². The van der Waals surface area contributed by atoms with Gasteiger partial charge in [0.15, 0.2) is 0 Å². The predicted molar refractivity (Wildman–Crippen MR) is 62.1 cm³/mol. The molecule has 0 aliphatic heterocycles. The first-order valence-corrected chi connectivity index (χ1v) is 6.14. The smallest absolute Gasteiger partial charge is 0.323 e. The van der Waals surface area contributed by atoms with E-state index in [2.05, 4.69) is 0 Å². The fraction of sp³-hybridized carbons (Fsp3) is 0.917. The summed E-state index contributed by atoms with van der Waals surface area (Å²) in [5.41, 5.74) is 0. The molecule has 94 valence electrons. The van der Waals surface area contributed by atoms with Crippen molar-refractivity contribution in [2.24, 2.45) is 0 Å². The first-order valence-electron chi connectivity index (χ1n) is 6.14. The van der Waals surface area contributed by atoms with Gasteiger partial charge in [-0.25, -0.2) is 0 Å². The van der Waals surface area contributed by atoms with E-state index < -0.39 is 0 Å². The van der Waals surface area contributed by atoms with Crippen LogP contribution in [0.25, 0.3) is 0 Å². The lowest BCUT2D eigenvalue weighted by Crippen LogP contribution is -2.50. The summed E-state index contributed by atoms with van der Waals surface area (Å²) in [5.74, 6) is -0.206. The van der Waals surface area contributed by atoms with E-state index in [1.165, 1.54) is 0 Å². The molecule has 0 aromatic rings. The van der Waals surface area contributed by atoms with Crippen LogP contribution in [0.15, 0.2) is 0 Å². The van der Waals surface area contributed by atoms with Crippen molar-refractivity contribution in [1.82, 2.24) is 4.90 Å². The minimum absolute atomic E-state index is 0.0909. The van der Waals surface area contributed by atoms with Gasteiger partial charge in [0.1, 0.15) is 6.04 Å². The highest BCUT2D eigenvalue weighted by Crippen LogP contribution is 2.23. The maximum Gasteiger partial charge on any atom is 0.323 e. The second-order valence-electron chi connectivity index (χ2n) is 4.51. The average molecular weight is 229 g/mol. The molecule has 1 aliphatic rings. The van der Waals surface area contributed by atoms with Gasteiger partial charge >= 0.3 is 5.97 Å². The fourth-order valence-electron chi connectivity index (χ4n) is 2.28. The highest BCUT2D eigenvalue weighted by atomic mass is 16.5. The van der Waals surface area contributed by atoms with Crippen molar-refractivity contribution in [3.63, 3.8) is 0 Å². The lowest BCUT2D eigenvalue weighted by atomic mass is 9.91. The summed E-state index contributed by atoms with van der Waals surface area (Å²) in [6.07, 6.45) is 3.70. The molecule has 0 aromatic carbocycles. The number of carbonyl (C=O) groups excluding carboxylic acids is 1. The SMILES string of the molecule is CCOC(=O)C(C)N(C)C1CCCCC1O. The standard InChI is InChI=1S/C12H23NO3/c1-4-16-12(15)9(2)13(3)10-7-5-6-8-11(10)14/h9-11,14H,4-8H2,1-3H3. The maximum absolute atomic E-state index is 11.6. The number of rotatable bonds is 4. The third-order valence-electron chi connectivity index (χ3n) is 3.46. The molecule has 1 fully saturated rings. The first-order chi connectivity index (χ1) is 7.57. The number of hydrogen-bond donors (Lipinski definition) is 1. The summed E-state index contributed by atoms with van der Waals surface area (Å²) in [5, 5.41) is 9.91. The maximum atomic E-state index is 11.6. The van der Waals surface area contributed by atoms with Crippen LogP contribution < -0.4 is 0 Å². The Morgan fingerprint density at radius 3 is 2.69 bits per heavy atom. The molecule has 3 unspecified atom stereocenters. The van der Waals surface area contributed by atoms with Gasteiger partial charge in [0.25, 0.3) is 0 Å². The molecule has 0 bridgehead atoms. The lowest BCUT2D eigenvalue weighted by molar-refractivity contribution is -0.150. The number of carbonyl (C=O) groups is 1. The van der Waals surface area contributed by atoms with Gasteiger partial charge in [-0.3, -0.25) is 9.69 Å². The number of esters is 1. The highest BCUT2D eigenvalue weighted by molar-refractivity contribution is 5.75. The number of aliphatic hydroxyl groups excluding tert-OH is 1. The Kier molecular flexibility index (Phi) is 5.22. The van der Waals surface area contributed by atoms with Crippen LogP contribution in [0.4, 0.5) is 0 Å². The first kappa shape index (κ1) is 13.5. The molecule has 1 aliphatic carbocycles. The van der Waals surface area contributed by atoms with Crippen LogP contribution >= 0.6 is 0 Å². The van der Waals surface area contributed by atoms with Crippen LogP contribution in [0.2, 0.25) is 0 Å². The van der Waals surface area contributed by atoms with Gasteiger partial charge in [-0.1, -0.05) is 12.8 Å². The van der Waals surface area contributed by atoms with Crippen molar-refractivity contribution in [3.05, 3.63) is 0 Å². The van der Waals surface area contributed by atoms with E-state index in [4.69, 9.17) is 4.74 Å². The molecule has 4 heteroatoms. The van der Waals surface area contributed by atoms with Gasteiger partial charge in [-0.15, -0.1) is 0 Å². The second-order valence-corrected chi connectivity index (χ2v) is 4.51. The van der Waals surface area contributed by atoms with Crippen LogP contribution in [0.5, 0.6) is 0 Å². The van der Waals surface area contributed by atoms with Gasteiger partial charge in [-0.2, -0.15) is 0 Å². The van der Waals surface area contributed by atoms with Crippen LogP contribution in [0, 0.1) is 0 Å². The summed E-state index contributed by atoms with van der Waals surface area (Å²) >= 11 is 0. The van der Waals surface area contributed by atoms with E-state index in [0.29, 0.717) is 6.61 Å². The number of ether oxygens (including phenoxy) is 1. The Morgan fingerprint density at radius 2 is 2.12 bits per heavy atom. The number of likely N-dealkylation sites (N-methyl/N-ethyl adjacent to an activating group) is 1. The monoisotopic (exact) mass is 229 g/mol. The normalized spacial score (nSPS) is 27.8.